The fourth-order valence-corrected chi connectivity index (χ4v) is 2.43. The number of hydrogen-bond acceptors (Lipinski definition) is 5. The van der Waals surface area contributed by atoms with Crippen molar-refractivity contribution >= 4 is 22.6 Å². The standard InChI is InChI=1S/C17H11F4N5O2/c18-10-2-4-13-14(5-10)25-26(24-13)8-15(27)16(28)23-11-3-1-9(7-22)12(6-11)17(19,20)21/h1-6,15,27H,8H2,(H,23,28)/t15-/m0/s1. The molecular weight excluding hydrogens is 382 g/mol. The molecule has 144 valence electrons. The molecule has 3 aromatic rings. The number of nitrogens with one attached hydrogen (secondary N) is 1. The van der Waals surface area contributed by atoms with E-state index in [4.69, 9.17) is 5.26 Å². The zero-order chi connectivity index (χ0) is 20.5. The Morgan fingerprint density at radius 2 is 1.93 bits per heavy atom. The van der Waals surface area contributed by atoms with Crippen LogP contribution in [0.15, 0.2) is 36.4 Å². The largest absolute Gasteiger partial charge is 0.417 e. The molecule has 11 heteroatoms. The number of carbonyl (C=O) groups excluding carboxylic acids is 1. The van der Waals surface area contributed by atoms with Gasteiger partial charge < -0.3 is 10.4 Å². The third-order valence-electron chi connectivity index (χ3n) is 3.74. The van der Waals surface area contributed by atoms with Gasteiger partial charge in [0.2, 0.25) is 0 Å². The van der Waals surface area contributed by atoms with E-state index in [1.54, 1.807) is 0 Å². The average molecular weight is 393 g/mol. The number of benzene rings is 2. The van der Waals surface area contributed by atoms with Gasteiger partial charge in [-0.3, -0.25) is 4.79 Å². The molecule has 0 spiro atoms. The van der Waals surface area contributed by atoms with Gasteiger partial charge in [0.1, 0.15) is 16.9 Å². The number of hydrogen-bond donors (Lipinski definition) is 2. The number of fused-ring (bicyclic) bond motifs is 1. The van der Waals surface area contributed by atoms with Gasteiger partial charge >= 0.3 is 6.18 Å². The maximum absolute atomic E-state index is 13.2. The third-order valence-corrected chi connectivity index (χ3v) is 3.74. The maximum atomic E-state index is 13.2. The van der Waals surface area contributed by atoms with Crippen molar-refractivity contribution in [2.24, 2.45) is 0 Å². The summed E-state index contributed by atoms with van der Waals surface area (Å²) in [5.74, 6) is -1.52. The lowest BCUT2D eigenvalue weighted by Gasteiger charge is -2.13. The highest BCUT2D eigenvalue weighted by atomic mass is 19.4. The van der Waals surface area contributed by atoms with Crippen LogP contribution < -0.4 is 5.32 Å². The van der Waals surface area contributed by atoms with Crippen LogP contribution in [0, 0.1) is 17.1 Å². The van der Waals surface area contributed by atoms with Crippen LogP contribution in [0.3, 0.4) is 0 Å². The fourth-order valence-electron chi connectivity index (χ4n) is 2.43. The lowest BCUT2D eigenvalue weighted by atomic mass is 10.1. The van der Waals surface area contributed by atoms with Crippen molar-refractivity contribution in [3.05, 3.63) is 53.3 Å². The summed E-state index contributed by atoms with van der Waals surface area (Å²) in [6, 6.07) is 7.73. The van der Waals surface area contributed by atoms with E-state index in [9.17, 15) is 27.5 Å². The van der Waals surface area contributed by atoms with Crippen LogP contribution in [0.2, 0.25) is 0 Å². The molecule has 0 unspecified atom stereocenters. The minimum absolute atomic E-state index is 0.217. The highest BCUT2D eigenvalue weighted by Crippen LogP contribution is 2.33. The normalized spacial score (nSPS) is 12.6. The molecule has 0 aliphatic carbocycles. The Balaban J connectivity index is 1.74. The Kier molecular flexibility index (Phi) is 4.98. The second-order valence-corrected chi connectivity index (χ2v) is 5.76. The zero-order valence-corrected chi connectivity index (χ0v) is 13.9. The van der Waals surface area contributed by atoms with Crippen molar-refractivity contribution in [2.45, 2.75) is 18.8 Å². The first kappa shape index (κ1) is 19.2. The fraction of sp³-hybridized carbons (Fsp3) is 0.176. The number of amides is 1. The van der Waals surface area contributed by atoms with Gasteiger partial charge in [0.25, 0.3) is 5.91 Å². The first-order valence-corrected chi connectivity index (χ1v) is 7.78. The van der Waals surface area contributed by atoms with Crippen LogP contribution in [-0.2, 0) is 17.5 Å². The smallest absolute Gasteiger partial charge is 0.381 e. The number of aliphatic hydroxyl groups is 1. The van der Waals surface area contributed by atoms with Crippen LogP contribution in [-0.4, -0.2) is 32.1 Å². The van der Waals surface area contributed by atoms with Crippen LogP contribution in [0.4, 0.5) is 23.2 Å². The number of nitrogens with zero attached hydrogens (tertiary/aromatic N) is 4. The summed E-state index contributed by atoms with van der Waals surface area (Å²) in [4.78, 5) is 13.0. The molecule has 0 saturated heterocycles. The van der Waals surface area contributed by atoms with Crippen LogP contribution in [0.1, 0.15) is 11.1 Å². The van der Waals surface area contributed by atoms with E-state index >= 15 is 0 Å². The lowest BCUT2D eigenvalue weighted by molar-refractivity contribution is -0.137. The molecule has 0 bridgehead atoms. The molecule has 0 aliphatic rings. The van der Waals surface area contributed by atoms with Gasteiger partial charge in [0.05, 0.1) is 23.7 Å². The number of carbonyl (C=O) groups is 1. The molecule has 1 amide bonds. The first-order chi connectivity index (χ1) is 13.2. The van der Waals surface area contributed by atoms with Crippen molar-refractivity contribution in [2.75, 3.05) is 5.32 Å². The average Bonchev–Trinajstić information content (AvgIpc) is 3.02. The van der Waals surface area contributed by atoms with Gasteiger partial charge in [-0.2, -0.15) is 33.4 Å². The summed E-state index contributed by atoms with van der Waals surface area (Å²) in [6.45, 7) is -0.398. The summed E-state index contributed by atoms with van der Waals surface area (Å²) in [7, 11) is 0. The Morgan fingerprint density at radius 3 is 2.61 bits per heavy atom. The van der Waals surface area contributed by atoms with Crippen molar-refractivity contribution in [1.82, 2.24) is 15.0 Å². The number of anilines is 1. The van der Waals surface area contributed by atoms with Gasteiger partial charge in [-0.25, -0.2) is 4.39 Å². The summed E-state index contributed by atoms with van der Waals surface area (Å²) >= 11 is 0. The minimum atomic E-state index is -4.78. The molecule has 0 radical (unpaired) electrons. The molecule has 1 heterocycles. The Labute approximate surface area is 154 Å². The Hall–Kier alpha value is -3.52. The van der Waals surface area contributed by atoms with Crippen molar-refractivity contribution < 1.29 is 27.5 Å². The first-order valence-electron chi connectivity index (χ1n) is 7.78. The number of alkyl halides is 3. The molecule has 1 atom stereocenters. The number of aliphatic hydroxyl groups excluding tert-OH is 1. The monoisotopic (exact) mass is 393 g/mol. The van der Waals surface area contributed by atoms with E-state index in [-0.39, 0.29) is 11.2 Å². The predicted molar refractivity (Wildman–Crippen MR) is 88.3 cm³/mol. The quantitative estimate of drug-likeness (QED) is 0.663. The van der Waals surface area contributed by atoms with E-state index in [1.807, 2.05) is 0 Å². The molecule has 28 heavy (non-hydrogen) atoms. The van der Waals surface area contributed by atoms with Crippen molar-refractivity contribution in [1.29, 1.82) is 5.26 Å². The van der Waals surface area contributed by atoms with E-state index in [0.717, 1.165) is 23.0 Å². The van der Waals surface area contributed by atoms with Crippen LogP contribution >= 0.6 is 0 Å². The topological polar surface area (TPSA) is 104 Å². The van der Waals surface area contributed by atoms with E-state index in [2.05, 4.69) is 15.5 Å². The van der Waals surface area contributed by atoms with Gasteiger partial charge in [-0.05, 0) is 30.3 Å². The van der Waals surface area contributed by atoms with E-state index in [0.29, 0.717) is 11.6 Å². The second kappa shape index (κ2) is 7.24. The lowest BCUT2D eigenvalue weighted by Crippen LogP contribution is -2.32. The van der Waals surface area contributed by atoms with Crippen LogP contribution in [0.25, 0.3) is 11.0 Å². The van der Waals surface area contributed by atoms with E-state index < -0.39 is 41.7 Å². The number of halogens is 4. The highest BCUT2D eigenvalue weighted by Gasteiger charge is 2.34. The summed E-state index contributed by atoms with van der Waals surface area (Å²) in [6.07, 6.45) is -6.46. The van der Waals surface area contributed by atoms with Gasteiger partial charge in [0, 0.05) is 11.8 Å². The number of nitriles is 1. The van der Waals surface area contributed by atoms with Crippen molar-refractivity contribution in [3.63, 3.8) is 0 Å². The molecule has 0 aliphatic heterocycles. The molecule has 3 rings (SSSR count). The SMILES string of the molecule is N#Cc1ccc(NC(=O)[C@@H](O)Cn2nc3ccc(F)cc3n2)cc1C(F)(F)F. The summed E-state index contributed by atoms with van der Waals surface area (Å²) in [5.41, 5.74) is -1.48. The molecule has 7 nitrogen and oxygen atoms in total. The molecule has 0 fully saturated rings. The van der Waals surface area contributed by atoms with Gasteiger partial charge in [0.15, 0.2) is 6.10 Å². The number of rotatable bonds is 4. The predicted octanol–water partition coefficient (Wildman–Crippen LogP) is 2.46. The zero-order valence-electron chi connectivity index (χ0n) is 13.9. The molecular formula is C17H11F4N5O2. The highest BCUT2D eigenvalue weighted by molar-refractivity contribution is 5.94. The number of aromatic nitrogens is 3. The molecule has 2 N–H and O–H groups in total. The maximum Gasteiger partial charge on any atom is 0.417 e. The Morgan fingerprint density at radius 1 is 1.21 bits per heavy atom. The summed E-state index contributed by atoms with van der Waals surface area (Å²) in [5, 5.41) is 28.8. The van der Waals surface area contributed by atoms with E-state index in [1.165, 1.54) is 18.2 Å². The molecule has 2 aromatic carbocycles. The van der Waals surface area contributed by atoms with Gasteiger partial charge in [-0.1, -0.05) is 0 Å². The molecule has 0 saturated carbocycles. The molecule has 1 aromatic heterocycles. The second-order valence-electron chi connectivity index (χ2n) is 5.76. The van der Waals surface area contributed by atoms with Crippen molar-refractivity contribution in [3.8, 4) is 6.07 Å². The third kappa shape index (κ3) is 4.07. The Bertz CT molecular complexity index is 1090. The van der Waals surface area contributed by atoms with Gasteiger partial charge in [-0.15, -0.1) is 0 Å². The van der Waals surface area contributed by atoms with Crippen LogP contribution in [0.5, 0.6) is 0 Å². The summed E-state index contributed by atoms with van der Waals surface area (Å²) < 4.78 is 52.1. The minimum Gasteiger partial charge on any atom is -0.381 e.